The largest absolute Gasteiger partial charge is 0.371 e. The zero-order chi connectivity index (χ0) is 21.3. The molecule has 1 N–H and O–H groups in total. The Hall–Kier alpha value is -2.54. The van der Waals surface area contributed by atoms with Crippen LogP contribution in [0.4, 0.5) is 5.82 Å². The van der Waals surface area contributed by atoms with Crippen LogP contribution in [-0.4, -0.2) is 15.9 Å². The summed E-state index contributed by atoms with van der Waals surface area (Å²) in [5, 5.41) is 13.5. The van der Waals surface area contributed by atoms with E-state index in [-0.39, 0.29) is 5.92 Å². The number of para-hydroxylation sites is 2. The number of pyridine rings is 1. The van der Waals surface area contributed by atoms with Gasteiger partial charge in [0.05, 0.1) is 16.6 Å². The number of aromatic nitrogens is 2. The molecule has 0 aliphatic carbocycles. The van der Waals surface area contributed by atoms with Gasteiger partial charge in [-0.3, -0.25) is 4.40 Å². The molecular weight excluding hydrogens is 368 g/mol. The third kappa shape index (κ3) is 5.14. The van der Waals surface area contributed by atoms with E-state index in [1.54, 1.807) is 0 Å². The van der Waals surface area contributed by atoms with Crippen molar-refractivity contribution in [1.29, 1.82) is 5.26 Å². The van der Waals surface area contributed by atoms with Crippen molar-refractivity contribution in [2.45, 2.75) is 84.5 Å². The number of fused-ring (bicyclic) bond motifs is 3. The first-order chi connectivity index (χ1) is 14.7. The second kappa shape index (κ2) is 11.0. The van der Waals surface area contributed by atoms with Gasteiger partial charge >= 0.3 is 0 Å². The van der Waals surface area contributed by atoms with Crippen LogP contribution in [0.2, 0.25) is 0 Å². The number of hydrogen-bond donors (Lipinski definition) is 1. The molecule has 4 heteroatoms. The van der Waals surface area contributed by atoms with Crippen LogP contribution in [0.25, 0.3) is 16.7 Å². The van der Waals surface area contributed by atoms with Crippen molar-refractivity contribution in [3.05, 3.63) is 41.5 Å². The summed E-state index contributed by atoms with van der Waals surface area (Å²) in [5.41, 5.74) is 4.50. The highest BCUT2D eigenvalue weighted by atomic mass is 15.1. The quantitative estimate of drug-likeness (QED) is 0.319. The number of imidazole rings is 1. The summed E-state index contributed by atoms with van der Waals surface area (Å²) in [5.74, 6) is 1.32. The molecule has 1 aromatic carbocycles. The van der Waals surface area contributed by atoms with Crippen molar-refractivity contribution < 1.29 is 0 Å². The Bertz CT molecular complexity index is 994. The summed E-state index contributed by atoms with van der Waals surface area (Å²) in [6, 6.07) is 12.7. The van der Waals surface area contributed by atoms with Gasteiger partial charge in [0.15, 0.2) is 5.65 Å². The summed E-state index contributed by atoms with van der Waals surface area (Å²) in [6.45, 7) is 7.49. The van der Waals surface area contributed by atoms with Crippen LogP contribution < -0.4 is 5.32 Å². The number of unbranched alkanes of at least 4 members (excludes halogenated alkanes) is 8. The highest BCUT2D eigenvalue weighted by Crippen LogP contribution is 2.30. The molecule has 0 aliphatic heterocycles. The minimum Gasteiger partial charge on any atom is -0.371 e. The molecule has 3 rings (SSSR count). The number of benzene rings is 1. The molecule has 0 fully saturated rings. The first kappa shape index (κ1) is 22.2. The lowest BCUT2D eigenvalue weighted by molar-refractivity contribution is 0.569. The first-order valence-electron chi connectivity index (χ1n) is 11.8. The fourth-order valence-corrected chi connectivity index (χ4v) is 4.20. The van der Waals surface area contributed by atoms with Crippen molar-refractivity contribution >= 4 is 22.5 Å². The highest BCUT2D eigenvalue weighted by molar-refractivity contribution is 5.85. The Morgan fingerprint density at radius 3 is 2.33 bits per heavy atom. The van der Waals surface area contributed by atoms with Crippen LogP contribution in [0.3, 0.4) is 0 Å². The van der Waals surface area contributed by atoms with Crippen molar-refractivity contribution in [3.8, 4) is 6.07 Å². The predicted octanol–water partition coefficient (Wildman–Crippen LogP) is 7.43. The van der Waals surface area contributed by atoms with E-state index in [9.17, 15) is 5.26 Å². The standard InChI is InChI=1S/C26H36N4/c1-4-5-6-7-8-9-10-11-14-17-28-25-18-21(20(2)3)22(19-27)26-29-23-15-12-13-16-24(23)30(25)26/h12-13,15-16,18,20,28H,4-11,14,17H2,1-3H3. The Kier molecular flexibility index (Phi) is 8.13. The molecule has 0 saturated carbocycles. The number of nitriles is 1. The lowest BCUT2D eigenvalue weighted by atomic mass is 9.99. The molecule has 2 aromatic heterocycles. The summed E-state index contributed by atoms with van der Waals surface area (Å²) >= 11 is 0. The molecular formula is C26H36N4. The van der Waals surface area contributed by atoms with Gasteiger partial charge in [0.25, 0.3) is 0 Å². The number of rotatable bonds is 12. The van der Waals surface area contributed by atoms with Gasteiger partial charge in [0, 0.05) is 6.54 Å². The van der Waals surface area contributed by atoms with Gasteiger partial charge in [-0.15, -0.1) is 0 Å². The molecule has 0 amide bonds. The van der Waals surface area contributed by atoms with E-state index in [1.165, 1.54) is 57.8 Å². The van der Waals surface area contributed by atoms with Crippen LogP contribution in [-0.2, 0) is 0 Å². The molecule has 2 heterocycles. The van der Waals surface area contributed by atoms with Gasteiger partial charge in [-0.05, 0) is 36.1 Å². The Morgan fingerprint density at radius 2 is 1.67 bits per heavy atom. The molecule has 0 unspecified atom stereocenters. The van der Waals surface area contributed by atoms with Crippen molar-refractivity contribution in [2.24, 2.45) is 0 Å². The Balaban J connectivity index is 1.69. The lowest BCUT2D eigenvalue weighted by Crippen LogP contribution is -2.09. The van der Waals surface area contributed by atoms with Crippen LogP contribution in [0.5, 0.6) is 0 Å². The number of anilines is 1. The van der Waals surface area contributed by atoms with Crippen LogP contribution in [0.15, 0.2) is 30.3 Å². The smallest absolute Gasteiger partial charge is 0.157 e. The fraction of sp³-hybridized carbons (Fsp3) is 0.538. The lowest BCUT2D eigenvalue weighted by Gasteiger charge is -2.15. The number of nitrogens with zero attached hydrogens (tertiary/aromatic N) is 3. The predicted molar refractivity (Wildman–Crippen MR) is 127 cm³/mol. The number of hydrogen-bond acceptors (Lipinski definition) is 3. The molecule has 3 aromatic rings. The summed E-state index contributed by atoms with van der Waals surface area (Å²) < 4.78 is 2.12. The van der Waals surface area contributed by atoms with Crippen molar-refractivity contribution in [2.75, 3.05) is 11.9 Å². The maximum absolute atomic E-state index is 9.82. The van der Waals surface area contributed by atoms with E-state index in [4.69, 9.17) is 4.98 Å². The van der Waals surface area contributed by atoms with Gasteiger partial charge in [0.2, 0.25) is 0 Å². The zero-order valence-corrected chi connectivity index (χ0v) is 18.9. The van der Waals surface area contributed by atoms with Crippen LogP contribution >= 0.6 is 0 Å². The molecule has 0 spiro atoms. The maximum Gasteiger partial charge on any atom is 0.157 e. The molecule has 4 nitrogen and oxygen atoms in total. The van der Waals surface area contributed by atoms with Crippen LogP contribution in [0.1, 0.15) is 95.6 Å². The SMILES string of the molecule is CCCCCCCCCCCNc1cc(C(C)C)c(C#N)c2nc3ccccc3n12. The van der Waals surface area contributed by atoms with E-state index in [2.05, 4.69) is 48.7 Å². The van der Waals surface area contributed by atoms with Gasteiger partial charge in [-0.25, -0.2) is 4.98 Å². The van der Waals surface area contributed by atoms with Gasteiger partial charge < -0.3 is 5.32 Å². The van der Waals surface area contributed by atoms with Gasteiger partial charge in [0.1, 0.15) is 11.9 Å². The summed E-state index contributed by atoms with van der Waals surface area (Å²) in [4.78, 5) is 4.79. The maximum atomic E-state index is 9.82. The van der Waals surface area contributed by atoms with E-state index in [0.29, 0.717) is 5.56 Å². The molecule has 0 atom stereocenters. The molecule has 0 saturated heterocycles. The fourth-order valence-electron chi connectivity index (χ4n) is 4.20. The second-order valence-electron chi connectivity index (χ2n) is 8.64. The Morgan fingerprint density at radius 1 is 1.00 bits per heavy atom. The number of nitrogens with one attached hydrogen (secondary N) is 1. The molecule has 0 bridgehead atoms. The molecule has 0 radical (unpaired) electrons. The van der Waals surface area contributed by atoms with Gasteiger partial charge in [-0.2, -0.15) is 5.26 Å². The van der Waals surface area contributed by atoms with Crippen molar-refractivity contribution in [3.63, 3.8) is 0 Å². The van der Waals surface area contributed by atoms with E-state index >= 15 is 0 Å². The zero-order valence-electron chi connectivity index (χ0n) is 18.9. The van der Waals surface area contributed by atoms with Crippen LogP contribution in [0, 0.1) is 11.3 Å². The summed E-state index contributed by atoms with van der Waals surface area (Å²) in [6.07, 6.45) is 12.0. The molecule has 30 heavy (non-hydrogen) atoms. The van der Waals surface area contributed by atoms with Gasteiger partial charge in [-0.1, -0.05) is 84.3 Å². The van der Waals surface area contributed by atoms with E-state index in [0.717, 1.165) is 34.6 Å². The average Bonchev–Trinajstić information content (AvgIpc) is 3.14. The Labute approximate surface area is 181 Å². The summed E-state index contributed by atoms with van der Waals surface area (Å²) in [7, 11) is 0. The normalized spacial score (nSPS) is 11.4. The monoisotopic (exact) mass is 404 g/mol. The van der Waals surface area contributed by atoms with Crippen molar-refractivity contribution in [1.82, 2.24) is 9.38 Å². The van der Waals surface area contributed by atoms with E-state index in [1.807, 2.05) is 18.2 Å². The van der Waals surface area contributed by atoms with E-state index < -0.39 is 0 Å². The average molecular weight is 405 g/mol. The highest BCUT2D eigenvalue weighted by Gasteiger charge is 2.18. The minimum atomic E-state index is 0.276. The first-order valence-corrected chi connectivity index (χ1v) is 11.8. The minimum absolute atomic E-state index is 0.276. The molecule has 0 aliphatic rings. The third-order valence-corrected chi connectivity index (χ3v) is 5.93. The topological polar surface area (TPSA) is 53.1 Å². The third-order valence-electron chi connectivity index (χ3n) is 5.93. The second-order valence-corrected chi connectivity index (χ2v) is 8.64. The molecule has 160 valence electrons.